The van der Waals surface area contributed by atoms with Gasteiger partial charge in [-0.3, -0.25) is 4.79 Å². The SMILES string of the molecule is Cc1c(C2CNCCN2C=O)nnn1CCCn1ccnc1. The lowest BCUT2D eigenvalue weighted by molar-refractivity contribution is -0.121. The third-order valence-electron chi connectivity index (χ3n) is 4.10. The number of nitrogens with zero attached hydrogens (tertiary/aromatic N) is 6. The third kappa shape index (κ3) is 3.01. The van der Waals surface area contributed by atoms with Crippen LogP contribution in [0.15, 0.2) is 18.7 Å². The highest BCUT2D eigenvalue weighted by Gasteiger charge is 2.27. The van der Waals surface area contributed by atoms with Gasteiger partial charge in [-0.05, 0) is 13.3 Å². The summed E-state index contributed by atoms with van der Waals surface area (Å²) in [4.78, 5) is 17.0. The van der Waals surface area contributed by atoms with Crippen LogP contribution in [0.1, 0.15) is 23.9 Å². The molecule has 0 spiro atoms. The zero-order valence-corrected chi connectivity index (χ0v) is 12.7. The van der Waals surface area contributed by atoms with Crippen LogP contribution >= 0.6 is 0 Å². The Kier molecular flexibility index (Phi) is 4.47. The third-order valence-corrected chi connectivity index (χ3v) is 4.10. The van der Waals surface area contributed by atoms with Gasteiger partial charge in [0.2, 0.25) is 6.41 Å². The minimum absolute atomic E-state index is 0.0198. The molecule has 1 N–H and O–H groups in total. The van der Waals surface area contributed by atoms with Crippen molar-refractivity contribution in [1.29, 1.82) is 0 Å². The van der Waals surface area contributed by atoms with Gasteiger partial charge >= 0.3 is 0 Å². The van der Waals surface area contributed by atoms with Gasteiger partial charge in [-0.1, -0.05) is 5.21 Å². The number of hydrogen-bond acceptors (Lipinski definition) is 5. The number of aromatic nitrogens is 5. The Morgan fingerprint density at radius 3 is 3.14 bits per heavy atom. The molecule has 0 saturated carbocycles. The summed E-state index contributed by atoms with van der Waals surface area (Å²) >= 11 is 0. The van der Waals surface area contributed by atoms with Crippen molar-refractivity contribution in [2.24, 2.45) is 0 Å². The van der Waals surface area contributed by atoms with E-state index in [1.54, 1.807) is 11.1 Å². The Balaban J connectivity index is 1.64. The van der Waals surface area contributed by atoms with Gasteiger partial charge in [0, 0.05) is 45.1 Å². The molecule has 1 aliphatic heterocycles. The van der Waals surface area contributed by atoms with E-state index in [-0.39, 0.29) is 6.04 Å². The maximum Gasteiger partial charge on any atom is 0.210 e. The monoisotopic (exact) mass is 303 g/mol. The average molecular weight is 303 g/mol. The molecule has 22 heavy (non-hydrogen) atoms. The zero-order chi connectivity index (χ0) is 15.4. The van der Waals surface area contributed by atoms with E-state index in [1.807, 2.05) is 28.7 Å². The number of imidazole rings is 1. The molecule has 3 rings (SSSR count). The molecule has 2 aromatic rings. The van der Waals surface area contributed by atoms with Gasteiger partial charge in [0.25, 0.3) is 0 Å². The van der Waals surface area contributed by atoms with E-state index in [2.05, 4.69) is 20.6 Å². The highest BCUT2D eigenvalue weighted by atomic mass is 16.1. The predicted octanol–water partition coefficient (Wildman–Crippen LogP) is -0.0240. The fourth-order valence-corrected chi connectivity index (χ4v) is 2.82. The fourth-order valence-electron chi connectivity index (χ4n) is 2.82. The van der Waals surface area contributed by atoms with E-state index in [0.717, 1.165) is 50.4 Å². The van der Waals surface area contributed by atoms with E-state index < -0.39 is 0 Å². The summed E-state index contributed by atoms with van der Waals surface area (Å²) < 4.78 is 3.97. The lowest BCUT2D eigenvalue weighted by Gasteiger charge is -2.32. The Labute approximate surface area is 129 Å². The topological polar surface area (TPSA) is 80.9 Å². The summed E-state index contributed by atoms with van der Waals surface area (Å²) in [7, 11) is 0. The number of carbonyl (C=O) groups excluding carboxylic acids is 1. The summed E-state index contributed by atoms with van der Waals surface area (Å²) in [6.07, 6.45) is 7.41. The first-order valence-corrected chi connectivity index (χ1v) is 7.57. The van der Waals surface area contributed by atoms with Crippen molar-refractivity contribution in [1.82, 2.24) is 34.8 Å². The number of piperazine rings is 1. The van der Waals surface area contributed by atoms with E-state index in [4.69, 9.17) is 0 Å². The van der Waals surface area contributed by atoms with Crippen molar-refractivity contribution in [2.75, 3.05) is 19.6 Å². The molecule has 1 atom stereocenters. The molecule has 1 fully saturated rings. The maximum absolute atomic E-state index is 11.2. The molecule has 0 aliphatic carbocycles. The number of aryl methyl sites for hydroxylation is 2. The van der Waals surface area contributed by atoms with Crippen LogP contribution in [0.3, 0.4) is 0 Å². The van der Waals surface area contributed by atoms with Crippen molar-refractivity contribution < 1.29 is 4.79 Å². The van der Waals surface area contributed by atoms with Crippen molar-refractivity contribution in [3.63, 3.8) is 0 Å². The van der Waals surface area contributed by atoms with Crippen molar-refractivity contribution in [3.8, 4) is 0 Å². The molecule has 1 saturated heterocycles. The quantitative estimate of drug-likeness (QED) is 0.758. The highest BCUT2D eigenvalue weighted by Crippen LogP contribution is 2.21. The first-order valence-electron chi connectivity index (χ1n) is 7.57. The molecular weight excluding hydrogens is 282 g/mol. The van der Waals surface area contributed by atoms with Gasteiger partial charge in [-0.2, -0.15) is 0 Å². The van der Waals surface area contributed by atoms with Crippen molar-refractivity contribution in [3.05, 3.63) is 30.1 Å². The molecule has 0 aromatic carbocycles. The first-order chi connectivity index (χ1) is 10.8. The number of nitrogens with one attached hydrogen (secondary N) is 1. The van der Waals surface area contributed by atoms with Gasteiger partial charge in [0.1, 0.15) is 5.69 Å². The van der Waals surface area contributed by atoms with Gasteiger partial charge in [0.05, 0.1) is 18.1 Å². The van der Waals surface area contributed by atoms with Crippen LogP contribution in [-0.4, -0.2) is 55.5 Å². The Morgan fingerprint density at radius 1 is 1.45 bits per heavy atom. The van der Waals surface area contributed by atoms with Crippen LogP contribution in [0.5, 0.6) is 0 Å². The Bertz CT molecular complexity index is 607. The van der Waals surface area contributed by atoms with E-state index >= 15 is 0 Å². The standard InChI is InChI=1S/C14H21N7O/c1-12-14(13-9-15-4-8-20(13)11-22)17-18-21(12)6-2-5-19-7-3-16-10-19/h3,7,10-11,13,15H,2,4-6,8-9H2,1H3. The predicted molar refractivity (Wildman–Crippen MR) is 80.0 cm³/mol. The summed E-state index contributed by atoms with van der Waals surface area (Å²) in [6, 6.07) is -0.0198. The lowest BCUT2D eigenvalue weighted by atomic mass is 10.1. The van der Waals surface area contributed by atoms with Gasteiger partial charge in [-0.25, -0.2) is 9.67 Å². The molecular formula is C14H21N7O. The number of rotatable bonds is 6. The molecule has 8 nitrogen and oxygen atoms in total. The van der Waals surface area contributed by atoms with E-state index in [9.17, 15) is 4.79 Å². The van der Waals surface area contributed by atoms with Crippen LogP contribution in [-0.2, 0) is 17.9 Å². The molecule has 0 bridgehead atoms. The molecule has 1 aliphatic rings. The number of carbonyl (C=O) groups is 1. The molecule has 0 radical (unpaired) electrons. The van der Waals surface area contributed by atoms with Gasteiger partial charge in [-0.15, -0.1) is 5.10 Å². The lowest BCUT2D eigenvalue weighted by Crippen LogP contribution is -2.45. The largest absolute Gasteiger partial charge is 0.337 e. The fraction of sp³-hybridized carbons (Fsp3) is 0.571. The second-order valence-electron chi connectivity index (χ2n) is 5.50. The highest BCUT2D eigenvalue weighted by molar-refractivity contribution is 5.49. The Hall–Kier alpha value is -2.22. The second-order valence-corrected chi connectivity index (χ2v) is 5.50. The molecule has 2 aromatic heterocycles. The van der Waals surface area contributed by atoms with Crippen molar-refractivity contribution in [2.45, 2.75) is 32.5 Å². The minimum atomic E-state index is -0.0198. The first kappa shape index (κ1) is 14.7. The summed E-state index contributed by atoms with van der Waals surface area (Å²) in [6.45, 7) is 5.99. The Morgan fingerprint density at radius 2 is 2.36 bits per heavy atom. The van der Waals surface area contributed by atoms with Crippen LogP contribution in [0, 0.1) is 6.92 Å². The zero-order valence-electron chi connectivity index (χ0n) is 12.7. The van der Waals surface area contributed by atoms with E-state index in [1.165, 1.54) is 0 Å². The summed E-state index contributed by atoms with van der Waals surface area (Å²) in [5.74, 6) is 0. The molecule has 118 valence electrons. The normalized spacial score (nSPS) is 18.6. The smallest absolute Gasteiger partial charge is 0.210 e. The molecule has 1 unspecified atom stereocenters. The molecule has 1 amide bonds. The van der Waals surface area contributed by atoms with Crippen LogP contribution in [0.2, 0.25) is 0 Å². The molecule has 3 heterocycles. The van der Waals surface area contributed by atoms with Crippen molar-refractivity contribution >= 4 is 6.41 Å². The second kappa shape index (κ2) is 6.69. The minimum Gasteiger partial charge on any atom is -0.337 e. The van der Waals surface area contributed by atoms with Gasteiger partial charge < -0.3 is 14.8 Å². The number of amides is 1. The average Bonchev–Trinajstić information content (AvgIpc) is 3.18. The van der Waals surface area contributed by atoms with Crippen LogP contribution in [0.25, 0.3) is 0 Å². The number of hydrogen-bond donors (Lipinski definition) is 1. The summed E-state index contributed by atoms with van der Waals surface area (Å²) in [5, 5.41) is 11.9. The van der Waals surface area contributed by atoms with Gasteiger partial charge in [0.15, 0.2) is 0 Å². The van der Waals surface area contributed by atoms with Crippen LogP contribution in [0.4, 0.5) is 0 Å². The summed E-state index contributed by atoms with van der Waals surface area (Å²) in [5.41, 5.74) is 1.92. The maximum atomic E-state index is 11.2. The van der Waals surface area contributed by atoms with Crippen LogP contribution < -0.4 is 5.32 Å². The molecule has 8 heteroatoms. The van der Waals surface area contributed by atoms with E-state index in [0.29, 0.717) is 6.54 Å².